The number of benzene rings is 2. The smallest absolute Gasteiger partial charge is 0.313 e. The number of para-hydroxylation sites is 2. The minimum Gasteiger partial charge on any atom is -0.496 e. The third-order valence-electron chi connectivity index (χ3n) is 7.89. The molecule has 0 aromatic heterocycles. The summed E-state index contributed by atoms with van der Waals surface area (Å²) in [5, 5.41) is 1.94. The van der Waals surface area contributed by atoms with Crippen molar-refractivity contribution in [2.45, 2.75) is 69.2 Å². The van der Waals surface area contributed by atoms with E-state index in [-0.39, 0.29) is 24.2 Å². The molecule has 2 aromatic rings. The standard InChI is InChI=1S/C29H37NO7/c1-29(27-26(28(31)34-4)21-13-9-10-16-30(21)37-27)35-24(17-19-11-5-7-14-22(19)32-2)25(36-29)18-20-12-6-8-15-23(20)33-3/h5-8,11-12,14-15,21,24-27H,9-10,13,16-18H2,1-4H3/t21-,24+,25+,26-,27-/m1/s1. The van der Waals surface area contributed by atoms with Crippen LogP contribution in [0.15, 0.2) is 48.5 Å². The number of hydrogen-bond acceptors (Lipinski definition) is 8. The van der Waals surface area contributed by atoms with Crippen LogP contribution in [0.25, 0.3) is 0 Å². The quantitative estimate of drug-likeness (QED) is 0.494. The first-order valence-electron chi connectivity index (χ1n) is 13.1. The molecule has 5 rings (SSSR count). The lowest BCUT2D eigenvalue weighted by Gasteiger charge is -2.32. The molecule has 0 spiro atoms. The first kappa shape index (κ1) is 26.0. The van der Waals surface area contributed by atoms with Gasteiger partial charge in [-0.25, -0.2) is 0 Å². The predicted octanol–water partition coefficient (Wildman–Crippen LogP) is 3.95. The van der Waals surface area contributed by atoms with Gasteiger partial charge >= 0.3 is 5.97 Å². The molecule has 3 aliphatic heterocycles. The van der Waals surface area contributed by atoms with Crippen molar-refractivity contribution in [2.24, 2.45) is 5.92 Å². The maximum Gasteiger partial charge on any atom is 0.313 e. The molecule has 0 saturated carbocycles. The number of hydroxylamine groups is 2. The van der Waals surface area contributed by atoms with E-state index in [1.165, 1.54) is 7.11 Å². The summed E-state index contributed by atoms with van der Waals surface area (Å²) in [6.07, 6.45) is 2.91. The van der Waals surface area contributed by atoms with Gasteiger partial charge in [-0.05, 0) is 43.0 Å². The fourth-order valence-corrected chi connectivity index (χ4v) is 6.11. The van der Waals surface area contributed by atoms with E-state index in [1.807, 2.05) is 60.5 Å². The monoisotopic (exact) mass is 511 g/mol. The highest BCUT2D eigenvalue weighted by Gasteiger charge is 2.61. The molecule has 0 unspecified atom stereocenters. The Kier molecular flexibility index (Phi) is 7.72. The van der Waals surface area contributed by atoms with Crippen molar-refractivity contribution in [1.29, 1.82) is 0 Å². The summed E-state index contributed by atoms with van der Waals surface area (Å²) < 4.78 is 30.0. The highest BCUT2D eigenvalue weighted by atomic mass is 16.8. The van der Waals surface area contributed by atoms with Gasteiger partial charge in [0.15, 0.2) is 5.79 Å². The second-order valence-corrected chi connectivity index (χ2v) is 10.1. The van der Waals surface area contributed by atoms with E-state index in [0.29, 0.717) is 12.8 Å². The molecule has 5 atom stereocenters. The number of fused-ring (bicyclic) bond motifs is 1. The van der Waals surface area contributed by atoms with Crippen LogP contribution in [0.5, 0.6) is 11.5 Å². The van der Waals surface area contributed by atoms with Crippen LogP contribution in [-0.2, 0) is 36.7 Å². The van der Waals surface area contributed by atoms with Gasteiger partial charge in [0.05, 0.1) is 39.6 Å². The Hall–Kier alpha value is -2.65. The summed E-state index contributed by atoms with van der Waals surface area (Å²) in [5.74, 6) is -0.320. The highest BCUT2D eigenvalue weighted by molar-refractivity contribution is 5.74. The second kappa shape index (κ2) is 11.0. The predicted molar refractivity (Wildman–Crippen MR) is 136 cm³/mol. The number of piperidine rings is 1. The number of ether oxygens (including phenoxy) is 5. The molecule has 0 radical (unpaired) electrons. The largest absolute Gasteiger partial charge is 0.496 e. The van der Waals surface area contributed by atoms with Gasteiger partial charge in [-0.3, -0.25) is 9.63 Å². The molecule has 0 amide bonds. The number of methoxy groups -OCH3 is 3. The van der Waals surface area contributed by atoms with Crippen LogP contribution < -0.4 is 9.47 Å². The van der Waals surface area contributed by atoms with Gasteiger partial charge in [-0.15, -0.1) is 0 Å². The van der Waals surface area contributed by atoms with E-state index >= 15 is 0 Å². The minimum atomic E-state index is -1.14. The lowest BCUT2D eigenvalue weighted by atomic mass is 9.86. The summed E-state index contributed by atoms with van der Waals surface area (Å²) in [5.41, 5.74) is 2.06. The molecule has 3 saturated heterocycles. The highest BCUT2D eigenvalue weighted by Crippen LogP contribution is 2.46. The average molecular weight is 512 g/mol. The molecule has 37 heavy (non-hydrogen) atoms. The van der Waals surface area contributed by atoms with Gasteiger partial charge in [0.1, 0.15) is 23.5 Å². The molecule has 3 heterocycles. The van der Waals surface area contributed by atoms with Crippen LogP contribution in [-0.4, -0.2) is 69.0 Å². The van der Waals surface area contributed by atoms with Crippen molar-refractivity contribution in [1.82, 2.24) is 5.06 Å². The first-order chi connectivity index (χ1) is 18.0. The Labute approximate surface area is 218 Å². The van der Waals surface area contributed by atoms with Crippen LogP contribution in [0.2, 0.25) is 0 Å². The molecule has 0 N–H and O–H groups in total. The van der Waals surface area contributed by atoms with Crippen molar-refractivity contribution >= 4 is 5.97 Å². The van der Waals surface area contributed by atoms with Crippen LogP contribution >= 0.6 is 0 Å². The molecule has 8 nitrogen and oxygen atoms in total. The average Bonchev–Trinajstić information content (AvgIpc) is 3.47. The van der Waals surface area contributed by atoms with E-state index in [1.54, 1.807) is 14.2 Å². The third kappa shape index (κ3) is 5.08. The Morgan fingerprint density at radius 2 is 1.49 bits per heavy atom. The van der Waals surface area contributed by atoms with E-state index in [4.69, 9.17) is 28.5 Å². The SMILES string of the molecule is COC(=O)[C@@H]1[C@H]2CCCCN2O[C@H]1C1(C)O[C@@H](Cc2ccccc2OC)[C@H](Cc2ccccc2OC)O1. The van der Waals surface area contributed by atoms with Crippen molar-refractivity contribution in [3.8, 4) is 11.5 Å². The zero-order chi connectivity index (χ0) is 26.0. The van der Waals surface area contributed by atoms with Crippen molar-refractivity contribution < 1.29 is 33.3 Å². The van der Waals surface area contributed by atoms with E-state index in [9.17, 15) is 4.79 Å². The van der Waals surface area contributed by atoms with Crippen LogP contribution in [0, 0.1) is 5.92 Å². The molecule has 0 aliphatic carbocycles. The minimum absolute atomic E-state index is 0.0452. The summed E-state index contributed by atoms with van der Waals surface area (Å²) in [6, 6.07) is 15.8. The second-order valence-electron chi connectivity index (χ2n) is 10.1. The van der Waals surface area contributed by atoms with E-state index in [0.717, 1.165) is 48.4 Å². The Morgan fingerprint density at radius 1 is 0.919 bits per heavy atom. The van der Waals surface area contributed by atoms with Crippen LogP contribution in [0.1, 0.15) is 37.3 Å². The normalized spacial score (nSPS) is 29.0. The van der Waals surface area contributed by atoms with Gasteiger partial charge in [-0.2, -0.15) is 5.06 Å². The Morgan fingerprint density at radius 3 is 2.03 bits per heavy atom. The van der Waals surface area contributed by atoms with Crippen LogP contribution in [0.3, 0.4) is 0 Å². The molecule has 8 heteroatoms. The molecule has 3 aliphatic rings. The Bertz CT molecular complexity index is 1030. The molecule has 3 fully saturated rings. The van der Waals surface area contributed by atoms with Crippen molar-refractivity contribution in [3.63, 3.8) is 0 Å². The van der Waals surface area contributed by atoms with Gasteiger partial charge in [0.2, 0.25) is 0 Å². The topological polar surface area (TPSA) is 75.7 Å². The number of carbonyl (C=O) groups excluding carboxylic acids is 1. The number of nitrogens with zero attached hydrogens (tertiary/aromatic N) is 1. The number of esters is 1. The van der Waals surface area contributed by atoms with E-state index < -0.39 is 17.8 Å². The number of hydrogen-bond donors (Lipinski definition) is 0. The molecular formula is C29H37NO7. The maximum absolute atomic E-state index is 13.0. The van der Waals surface area contributed by atoms with Crippen molar-refractivity contribution in [2.75, 3.05) is 27.9 Å². The molecule has 200 valence electrons. The summed E-state index contributed by atoms with van der Waals surface area (Å²) in [4.78, 5) is 19.4. The lowest BCUT2D eigenvalue weighted by Crippen LogP contribution is -2.49. The third-order valence-corrected chi connectivity index (χ3v) is 7.89. The fraction of sp³-hybridized carbons (Fsp3) is 0.552. The Balaban J connectivity index is 1.47. The summed E-state index contributed by atoms with van der Waals surface area (Å²) in [7, 11) is 4.77. The zero-order valence-corrected chi connectivity index (χ0v) is 22.1. The summed E-state index contributed by atoms with van der Waals surface area (Å²) >= 11 is 0. The van der Waals surface area contributed by atoms with Gasteiger partial charge in [0.25, 0.3) is 0 Å². The zero-order valence-electron chi connectivity index (χ0n) is 22.1. The van der Waals surface area contributed by atoms with Gasteiger partial charge < -0.3 is 23.7 Å². The van der Waals surface area contributed by atoms with Crippen LogP contribution in [0.4, 0.5) is 0 Å². The molecule has 0 bridgehead atoms. The van der Waals surface area contributed by atoms with Crippen molar-refractivity contribution in [3.05, 3.63) is 59.7 Å². The molecular weight excluding hydrogens is 474 g/mol. The lowest BCUT2D eigenvalue weighted by molar-refractivity contribution is -0.280. The number of carbonyl (C=O) groups is 1. The van der Waals surface area contributed by atoms with E-state index in [2.05, 4.69) is 0 Å². The number of rotatable bonds is 8. The van der Waals surface area contributed by atoms with Gasteiger partial charge in [-0.1, -0.05) is 42.8 Å². The molecule has 2 aromatic carbocycles. The maximum atomic E-state index is 13.0. The first-order valence-corrected chi connectivity index (χ1v) is 13.1. The summed E-state index contributed by atoms with van der Waals surface area (Å²) in [6.45, 7) is 2.67. The fourth-order valence-electron chi connectivity index (χ4n) is 6.11. The van der Waals surface area contributed by atoms with Gasteiger partial charge in [0, 0.05) is 19.4 Å².